The van der Waals surface area contributed by atoms with Gasteiger partial charge in [0.25, 0.3) is 11.8 Å². The third kappa shape index (κ3) is 3.50. The van der Waals surface area contributed by atoms with Crippen LogP contribution in [0, 0.1) is 13.8 Å². The molecule has 2 N–H and O–H groups in total. The molecular formula is C23H23N3O4. The average molecular weight is 405 g/mol. The molecule has 3 aromatic rings. The number of aryl methyl sites for hydroxylation is 1. The van der Waals surface area contributed by atoms with Crippen molar-refractivity contribution in [2.24, 2.45) is 0 Å². The fraction of sp³-hybridized carbons (Fsp3) is 0.217. The second-order valence-electron chi connectivity index (χ2n) is 7.03. The predicted molar refractivity (Wildman–Crippen MR) is 114 cm³/mol. The smallest absolute Gasteiger partial charge is 0.257 e. The van der Waals surface area contributed by atoms with E-state index in [2.05, 4.69) is 10.6 Å². The second kappa shape index (κ2) is 7.94. The normalized spacial score (nSPS) is 12.4. The summed E-state index contributed by atoms with van der Waals surface area (Å²) in [6, 6.07) is 14.5. The number of nitrogens with one attached hydrogen (secondary N) is 2. The number of fused-ring (bicyclic) bond motifs is 1. The van der Waals surface area contributed by atoms with E-state index in [1.165, 1.54) is 0 Å². The number of benzene rings is 2. The number of aromatic nitrogens is 1. The second-order valence-corrected chi connectivity index (χ2v) is 7.03. The highest BCUT2D eigenvalue weighted by atomic mass is 16.6. The molecular weight excluding hydrogens is 382 g/mol. The molecule has 0 bridgehead atoms. The highest BCUT2D eigenvalue weighted by Gasteiger charge is 2.20. The molecule has 4 rings (SSSR count). The zero-order chi connectivity index (χ0) is 21.3. The molecule has 2 heterocycles. The first kappa shape index (κ1) is 19.6. The fourth-order valence-corrected chi connectivity index (χ4v) is 3.68. The molecule has 7 heteroatoms. The average Bonchev–Trinajstić information content (AvgIpc) is 3.07. The van der Waals surface area contributed by atoms with Gasteiger partial charge in [-0.2, -0.15) is 0 Å². The van der Waals surface area contributed by atoms with Gasteiger partial charge in [-0.3, -0.25) is 9.59 Å². The van der Waals surface area contributed by atoms with Crippen LogP contribution in [0.15, 0.2) is 48.5 Å². The van der Waals surface area contributed by atoms with E-state index in [-0.39, 0.29) is 11.8 Å². The maximum atomic E-state index is 13.0. The van der Waals surface area contributed by atoms with Crippen LogP contribution >= 0.6 is 0 Å². The van der Waals surface area contributed by atoms with E-state index >= 15 is 0 Å². The molecule has 0 unspecified atom stereocenters. The summed E-state index contributed by atoms with van der Waals surface area (Å²) in [4.78, 5) is 25.1. The van der Waals surface area contributed by atoms with Gasteiger partial charge in [0.05, 0.1) is 16.8 Å². The number of para-hydroxylation sites is 1. The van der Waals surface area contributed by atoms with Crippen molar-refractivity contribution < 1.29 is 19.1 Å². The summed E-state index contributed by atoms with van der Waals surface area (Å²) >= 11 is 0. The minimum atomic E-state index is -0.275. The van der Waals surface area contributed by atoms with Gasteiger partial charge in [0.15, 0.2) is 11.5 Å². The van der Waals surface area contributed by atoms with Gasteiger partial charge in [0.1, 0.15) is 13.2 Å². The van der Waals surface area contributed by atoms with Gasteiger partial charge in [-0.05, 0) is 44.2 Å². The number of anilines is 1. The van der Waals surface area contributed by atoms with Crippen molar-refractivity contribution in [2.45, 2.75) is 13.8 Å². The molecule has 0 spiro atoms. The SMILES string of the molecule is CNC(=O)c1ccccc1NC(=O)c1cc(C)n(-c2ccc3c(c2)OCCO3)c1C. The summed E-state index contributed by atoms with van der Waals surface area (Å²) in [5.74, 6) is 0.879. The quantitative estimate of drug-likeness (QED) is 0.696. The Kier molecular flexibility index (Phi) is 5.18. The van der Waals surface area contributed by atoms with Crippen LogP contribution in [-0.4, -0.2) is 36.6 Å². The Balaban J connectivity index is 1.66. The molecule has 0 radical (unpaired) electrons. The van der Waals surface area contributed by atoms with Crippen molar-refractivity contribution >= 4 is 17.5 Å². The maximum Gasteiger partial charge on any atom is 0.257 e. The molecule has 1 aliphatic heterocycles. The summed E-state index contributed by atoms with van der Waals surface area (Å²) in [5.41, 5.74) is 4.00. The number of hydrogen-bond acceptors (Lipinski definition) is 4. The highest BCUT2D eigenvalue weighted by Crippen LogP contribution is 2.33. The fourth-order valence-electron chi connectivity index (χ4n) is 3.68. The lowest BCUT2D eigenvalue weighted by Crippen LogP contribution is -2.21. The topological polar surface area (TPSA) is 81.6 Å². The summed E-state index contributed by atoms with van der Waals surface area (Å²) in [7, 11) is 1.56. The van der Waals surface area contributed by atoms with E-state index in [1.54, 1.807) is 31.3 Å². The van der Waals surface area contributed by atoms with E-state index < -0.39 is 0 Å². The molecule has 154 valence electrons. The third-order valence-corrected chi connectivity index (χ3v) is 5.11. The number of hydrogen-bond donors (Lipinski definition) is 2. The van der Waals surface area contributed by atoms with Crippen molar-refractivity contribution in [3.8, 4) is 17.2 Å². The van der Waals surface area contributed by atoms with E-state index in [4.69, 9.17) is 9.47 Å². The van der Waals surface area contributed by atoms with Crippen molar-refractivity contribution in [1.29, 1.82) is 0 Å². The first-order valence-corrected chi connectivity index (χ1v) is 9.71. The van der Waals surface area contributed by atoms with Crippen LogP contribution in [0.4, 0.5) is 5.69 Å². The molecule has 2 aromatic carbocycles. The molecule has 7 nitrogen and oxygen atoms in total. The first-order valence-electron chi connectivity index (χ1n) is 9.71. The zero-order valence-corrected chi connectivity index (χ0v) is 17.1. The molecule has 0 aliphatic carbocycles. The standard InChI is InChI=1S/C23H23N3O4/c1-14-12-18(23(28)25-19-7-5-4-6-17(19)22(27)24-3)15(2)26(14)16-8-9-20-21(13-16)30-11-10-29-20/h4-9,12-13H,10-11H2,1-3H3,(H,24,27)(H,25,28). The molecule has 0 atom stereocenters. The van der Waals surface area contributed by atoms with E-state index in [9.17, 15) is 9.59 Å². The van der Waals surface area contributed by atoms with Crippen LogP contribution in [-0.2, 0) is 0 Å². The van der Waals surface area contributed by atoms with Crippen LogP contribution in [0.1, 0.15) is 32.1 Å². The van der Waals surface area contributed by atoms with Gasteiger partial charge in [0.2, 0.25) is 0 Å². The molecule has 0 saturated carbocycles. The van der Waals surface area contributed by atoms with E-state index in [0.29, 0.717) is 35.8 Å². The number of ether oxygens (including phenoxy) is 2. The van der Waals surface area contributed by atoms with Gasteiger partial charge in [-0.1, -0.05) is 12.1 Å². The van der Waals surface area contributed by atoms with Crippen LogP contribution in [0.25, 0.3) is 5.69 Å². The minimum absolute atomic E-state index is 0.257. The van der Waals surface area contributed by atoms with Gasteiger partial charge < -0.3 is 24.7 Å². The van der Waals surface area contributed by atoms with Crippen LogP contribution in [0.3, 0.4) is 0 Å². The number of nitrogens with zero attached hydrogens (tertiary/aromatic N) is 1. The summed E-state index contributed by atoms with van der Waals surface area (Å²) in [6.07, 6.45) is 0. The third-order valence-electron chi connectivity index (χ3n) is 5.11. The lowest BCUT2D eigenvalue weighted by atomic mass is 10.1. The highest BCUT2D eigenvalue weighted by molar-refractivity contribution is 6.09. The maximum absolute atomic E-state index is 13.0. The van der Waals surface area contributed by atoms with Gasteiger partial charge in [0, 0.05) is 30.2 Å². The lowest BCUT2D eigenvalue weighted by molar-refractivity contribution is 0.0964. The van der Waals surface area contributed by atoms with Crippen LogP contribution < -0.4 is 20.1 Å². The first-order chi connectivity index (χ1) is 14.5. The van der Waals surface area contributed by atoms with Gasteiger partial charge >= 0.3 is 0 Å². The van der Waals surface area contributed by atoms with Crippen molar-refractivity contribution in [1.82, 2.24) is 9.88 Å². The lowest BCUT2D eigenvalue weighted by Gasteiger charge is -2.20. The zero-order valence-electron chi connectivity index (χ0n) is 17.1. The molecule has 2 amide bonds. The monoisotopic (exact) mass is 405 g/mol. The number of amides is 2. The Morgan fingerprint density at radius 1 is 0.900 bits per heavy atom. The Morgan fingerprint density at radius 3 is 2.40 bits per heavy atom. The van der Waals surface area contributed by atoms with Crippen LogP contribution in [0.2, 0.25) is 0 Å². The largest absolute Gasteiger partial charge is 0.486 e. The van der Waals surface area contributed by atoms with E-state index in [0.717, 1.165) is 22.8 Å². The Morgan fingerprint density at radius 2 is 1.63 bits per heavy atom. The number of carbonyl (C=O) groups excluding carboxylic acids is 2. The van der Waals surface area contributed by atoms with Gasteiger partial charge in [-0.25, -0.2) is 0 Å². The summed E-state index contributed by atoms with van der Waals surface area (Å²) in [6.45, 7) is 4.89. The molecule has 30 heavy (non-hydrogen) atoms. The molecule has 1 aromatic heterocycles. The Hall–Kier alpha value is -3.74. The van der Waals surface area contributed by atoms with Crippen LogP contribution in [0.5, 0.6) is 11.5 Å². The van der Waals surface area contributed by atoms with E-state index in [1.807, 2.05) is 42.7 Å². The van der Waals surface area contributed by atoms with Gasteiger partial charge in [-0.15, -0.1) is 0 Å². The number of carbonyl (C=O) groups is 2. The van der Waals surface area contributed by atoms with Crippen molar-refractivity contribution in [3.63, 3.8) is 0 Å². The van der Waals surface area contributed by atoms with Crippen molar-refractivity contribution in [2.75, 3.05) is 25.6 Å². The summed E-state index contributed by atoms with van der Waals surface area (Å²) in [5, 5.41) is 5.46. The number of rotatable bonds is 4. The molecule has 0 saturated heterocycles. The Labute approximate surface area is 174 Å². The predicted octanol–water partition coefficient (Wildman–Crippen LogP) is 3.48. The summed E-state index contributed by atoms with van der Waals surface area (Å²) < 4.78 is 13.3. The molecule has 0 fully saturated rings. The molecule has 1 aliphatic rings. The van der Waals surface area contributed by atoms with Crippen molar-refractivity contribution in [3.05, 3.63) is 71.0 Å². The Bertz CT molecular complexity index is 1130. The minimum Gasteiger partial charge on any atom is -0.486 e.